The Labute approximate surface area is 736 Å². The van der Waals surface area contributed by atoms with Crippen molar-refractivity contribution in [2.75, 3.05) is 39.7 Å². The minimum Gasteiger partial charge on any atom is -0.459 e. The van der Waals surface area contributed by atoms with Crippen LogP contribution in [-0.2, 0) is 0 Å². The molecule has 1 aliphatic heterocycles. The Morgan fingerprint density at radius 1 is 0.308 bits per heavy atom. The van der Waals surface area contributed by atoms with Crippen LogP contribution < -0.4 is 26.6 Å². The molecule has 0 unspecified atom stereocenters. The Hall–Kier alpha value is -17.7. The number of anilines is 5. The van der Waals surface area contributed by atoms with Crippen LogP contribution >= 0.6 is 11.6 Å². The monoisotopic (exact) mass is 1770 g/mol. The molecule has 12 heterocycles. The van der Waals surface area contributed by atoms with Gasteiger partial charge in [-0.1, -0.05) is 78.3 Å². The second kappa shape index (κ2) is 40.3. The molecule has 5 N–H and O–H groups in total. The van der Waals surface area contributed by atoms with Crippen LogP contribution in [0.1, 0.15) is 66.5 Å². The Morgan fingerprint density at radius 3 is 0.969 bits per heavy atom. The molecule has 0 spiro atoms. The highest BCUT2D eigenvalue weighted by molar-refractivity contribution is 6.30. The first-order chi connectivity index (χ1) is 63.4. The number of aryl methyl sites for hydroxylation is 1. The molecule has 0 aliphatic carbocycles. The number of benzene rings is 8. The average molecular weight is 1770 g/mol. The van der Waals surface area contributed by atoms with Crippen LogP contribution in [0.2, 0.25) is 5.02 Å². The largest absolute Gasteiger partial charge is 0.459 e. The molecular weight excluding hydrogens is 1710 g/mol. The van der Waals surface area contributed by atoms with Crippen molar-refractivity contribution in [3.05, 3.63) is 343 Å². The molecule has 0 saturated carbocycles. The van der Waals surface area contributed by atoms with Crippen molar-refractivity contribution in [3.8, 4) is 116 Å². The van der Waals surface area contributed by atoms with E-state index in [2.05, 4.69) is 77.6 Å². The summed E-state index contributed by atoms with van der Waals surface area (Å²) in [5, 5.41) is 53.6. The molecule has 20 rings (SSSR count). The van der Waals surface area contributed by atoms with E-state index in [0.29, 0.717) is 102 Å². The van der Waals surface area contributed by atoms with E-state index in [0.717, 1.165) is 49.4 Å². The van der Waals surface area contributed by atoms with E-state index >= 15 is 0 Å². The van der Waals surface area contributed by atoms with Gasteiger partial charge in [0.2, 0.25) is 29.5 Å². The molecular formula is C93H65ClF4N16O16. The number of carbonyl (C=O) groups excluding carboxylic acids is 5. The highest BCUT2D eigenvalue weighted by atomic mass is 35.5. The number of aromatic nitrogens is 10. The molecule has 32 nitrogen and oxygen atoms in total. The number of urea groups is 1. The van der Waals surface area contributed by atoms with Gasteiger partial charge >= 0.3 is 6.03 Å². The highest BCUT2D eigenvalue weighted by Gasteiger charge is 2.24. The first-order valence-corrected chi connectivity index (χ1v) is 39.7. The van der Waals surface area contributed by atoms with Gasteiger partial charge in [0.25, 0.3) is 53.1 Å². The van der Waals surface area contributed by atoms with Crippen LogP contribution in [0.4, 0.5) is 50.8 Å². The minimum atomic E-state index is -0.613. The molecule has 1 fully saturated rings. The third-order valence-corrected chi connectivity index (χ3v) is 18.9. The fraction of sp³-hybridized carbons (Fsp3) is 0.0645. The van der Waals surface area contributed by atoms with Crippen molar-refractivity contribution < 1.29 is 90.1 Å². The number of nitrogens with zero attached hydrogens (tertiary/aromatic N) is 11. The van der Waals surface area contributed by atoms with E-state index in [1.165, 1.54) is 79.8 Å². The lowest BCUT2D eigenvalue weighted by molar-refractivity contribution is 0.0992. The fourth-order valence-corrected chi connectivity index (χ4v) is 12.6. The molecule has 0 atom stereocenters. The summed E-state index contributed by atoms with van der Waals surface area (Å²) in [5.74, 6) is 0.295. The van der Waals surface area contributed by atoms with Crippen molar-refractivity contribution in [1.82, 2.24) is 55.9 Å². The van der Waals surface area contributed by atoms with Crippen LogP contribution in [0, 0.1) is 30.2 Å². The Bertz CT molecular complexity index is 6690. The summed E-state index contributed by atoms with van der Waals surface area (Å²) in [6.07, 6.45) is 11.7. The summed E-state index contributed by atoms with van der Waals surface area (Å²) < 4.78 is 113. The summed E-state index contributed by atoms with van der Waals surface area (Å²) in [5.41, 5.74) is 6.59. The number of nitrogens with one attached hydrogen (secondary N) is 5. The Morgan fingerprint density at radius 2 is 0.638 bits per heavy atom. The fourth-order valence-electron chi connectivity index (χ4n) is 12.5. The van der Waals surface area contributed by atoms with E-state index < -0.39 is 41.0 Å². The zero-order valence-corrected chi connectivity index (χ0v) is 68.3. The van der Waals surface area contributed by atoms with Crippen molar-refractivity contribution in [1.29, 1.82) is 0 Å². The van der Waals surface area contributed by atoms with Crippen molar-refractivity contribution >= 4 is 69.7 Å². The number of rotatable bonds is 19. The molecule has 8 aromatic carbocycles. The zero-order valence-electron chi connectivity index (χ0n) is 67.5. The first kappa shape index (κ1) is 85.8. The van der Waals surface area contributed by atoms with E-state index in [1.807, 2.05) is 42.2 Å². The number of piperidine rings is 1. The van der Waals surface area contributed by atoms with Gasteiger partial charge in [-0.3, -0.25) is 19.2 Å². The first-order valence-electron chi connectivity index (χ1n) is 39.3. The van der Waals surface area contributed by atoms with Gasteiger partial charge in [-0.05, 0) is 202 Å². The molecule has 6 amide bonds. The average Bonchev–Trinajstić information content (AvgIpc) is 1.69. The SMILES string of the molecule is Cc1coc(-c2nnc(-c3cccc(NC(=O)c4ccccc4F)c3)o2)c1.O=C(Nc1cccc(-c2nnc(-c3cc(Cl)co3)o2)c1)c1ccccc1F.O=C(Nc1cccc(-c2nnc(-c3cc(F)co3)o2)c1)c1ccccc1F.O=C(Nc1cccc(-c2nnc(-c3ccco3)o2)c1)N1CCCCC1.O=C(Nc1cccc(-c2nnc(-c3ccco3)o2)c1)c1ccco1. The quantitative estimate of drug-likeness (QED) is 0.0469. The topological polar surface area (TPSA) is 422 Å². The number of amides is 6. The maximum atomic E-state index is 13.7. The smallest absolute Gasteiger partial charge is 0.321 e. The lowest BCUT2D eigenvalue weighted by atomic mass is 10.1. The second-order valence-corrected chi connectivity index (χ2v) is 28.3. The van der Waals surface area contributed by atoms with Gasteiger partial charge < -0.3 is 80.1 Å². The van der Waals surface area contributed by atoms with Gasteiger partial charge in [-0.2, -0.15) is 0 Å². The number of furan rings is 6. The lowest BCUT2D eigenvalue weighted by Crippen LogP contribution is -2.38. The van der Waals surface area contributed by atoms with Gasteiger partial charge in [-0.15, -0.1) is 51.0 Å². The van der Waals surface area contributed by atoms with Gasteiger partial charge in [0.05, 0.1) is 46.8 Å². The molecule has 19 aromatic rings. The molecule has 130 heavy (non-hydrogen) atoms. The molecule has 11 aromatic heterocycles. The van der Waals surface area contributed by atoms with Crippen molar-refractivity contribution in [2.45, 2.75) is 26.2 Å². The number of halogens is 5. The summed E-state index contributed by atoms with van der Waals surface area (Å²) >= 11 is 5.81. The number of hydrogen-bond donors (Lipinski definition) is 5. The van der Waals surface area contributed by atoms with Crippen molar-refractivity contribution in [3.63, 3.8) is 0 Å². The molecule has 648 valence electrons. The Kier molecular flexibility index (Phi) is 26.6. The standard InChI is InChI=1S/C20H14FN3O3.C19H11ClFN3O3.C19H11F2N3O3.C18H18N4O3.C17H11N3O4/c1-12-9-17(26-11-12)20-24-23-19(27-20)13-5-4-6-14(10-13)22-18(25)15-7-2-3-8-16(15)21;2*20-12-9-16(26-10-12)19-24-23-18(27-19)11-4-3-5-13(8-11)22-17(25)14-6-1-2-7-15(14)21;23-18(22-9-2-1-3-10-22)19-14-7-4-6-13(12-14)16-20-21-17(25-16)15-8-5-11-24-15;21-15(13-6-2-8-22-13)18-12-5-1-4-11(10-12)16-19-20-17(24-16)14-7-3-9-23-14/h2-11H,1H3,(H,22,25);2*1-10H,(H,22,25);4-8,11-12H,1-3,9-10H2,(H,19,23);1-10H,(H,18,21). The van der Waals surface area contributed by atoms with Crippen molar-refractivity contribution in [2.24, 2.45) is 0 Å². The van der Waals surface area contributed by atoms with Gasteiger partial charge in [0.15, 0.2) is 40.4 Å². The van der Waals surface area contributed by atoms with Gasteiger partial charge in [0, 0.05) is 81.5 Å². The van der Waals surface area contributed by atoms with E-state index in [1.54, 1.807) is 170 Å². The van der Waals surface area contributed by atoms with Gasteiger partial charge in [-0.25, -0.2) is 22.4 Å². The van der Waals surface area contributed by atoms with Crippen LogP contribution in [0.5, 0.6) is 0 Å². The van der Waals surface area contributed by atoms with Gasteiger partial charge in [0.1, 0.15) is 30.0 Å². The second-order valence-electron chi connectivity index (χ2n) is 27.9. The predicted octanol–water partition coefficient (Wildman–Crippen LogP) is 22.1. The summed E-state index contributed by atoms with van der Waals surface area (Å²) in [4.78, 5) is 62.9. The maximum Gasteiger partial charge on any atom is 0.321 e. The summed E-state index contributed by atoms with van der Waals surface area (Å²) in [6, 6.07) is 66.5. The number of hydrogen-bond acceptors (Lipinski definition) is 26. The van der Waals surface area contributed by atoms with Crippen LogP contribution in [0.15, 0.2) is 335 Å². The van der Waals surface area contributed by atoms with Crippen LogP contribution in [-0.4, -0.2) is 98.6 Å². The third kappa shape index (κ3) is 21.7. The highest BCUT2D eigenvalue weighted by Crippen LogP contribution is 2.34. The minimum absolute atomic E-state index is 0.0229. The molecule has 37 heteroatoms. The molecule has 1 saturated heterocycles. The Balaban J connectivity index is 0.000000119. The molecule has 0 bridgehead atoms. The number of carbonyl (C=O) groups is 5. The lowest BCUT2D eigenvalue weighted by Gasteiger charge is -2.26. The van der Waals surface area contributed by atoms with Crippen LogP contribution in [0.25, 0.3) is 116 Å². The van der Waals surface area contributed by atoms with E-state index in [4.69, 9.17) is 60.2 Å². The normalized spacial score (nSPS) is 11.4. The predicted molar refractivity (Wildman–Crippen MR) is 461 cm³/mol. The summed E-state index contributed by atoms with van der Waals surface area (Å²) in [7, 11) is 0. The third-order valence-electron chi connectivity index (χ3n) is 18.7. The van der Waals surface area contributed by atoms with E-state index in [9.17, 15) is 41.5 Å². The molecule has 1 aliphatic rings. The number of likely N-dealkylation sites (tertiary alicyclic amines) is 1. The maximum absolute atomic E-state index is 13.7. The van der Waals surface area contributed by atoms with E-state index in [-0.39, 0.29) is 75.5 Å². The summed E-state index contributed by atoms with van der Waals surface area (Å²) in [6.45, 7) is 3.51. The molecule has 0 radical (unpaired) electrons. The van der Waals surface area contributed by atoms with Crippen LogP contribution in [0.3, 0.4) is 0 Å². The zero-order chi connectivity index (χ0) is 89.8.